The molecule has 0 saturated heterocycles. The number of hydrogen-bond donors (Lipinski definition) is 1. The van der Waals surface area contributed by atoms with E-state index in [1.807, 2.05) is 0 Å². The molecule has 144 valence electrons. The highest BCUT2D eigenvalue weighted by Gasteiger charge is 2.11. The smallest absolute Gasteiger partial charge is 0.287 e. The minimum Gasteiger partial charge on any atom is -0.497 e. The van der Waals surface area contributed by atoms with Crippen LogP contribution in [0.2, 0.25) is 5.02 Å². The van der Waals surface area contributed by atoms with E-state index in [1.54, 1.807) is 37.6 Å². The predicted molar refractivity (Wildman–Crippen MR) is 107 cm³/mol. The predicted octanol–water partition coefficient (Wildman–Crippen LogP) is 3.76. The Bertz CT molecular complexity index is 1060. The molecule has 0 bridgehead atoms. The fraction of sp³-hybridized carbons (Fsp3) is 0.105. The molecule has 3 aromatic rings. The topological polar surface area (TPSA) is 73.2 Å². The van der Waals surface area contributed by atoms with Gasteiger partial charge in [-0.2, -0.15) is 0 Å². The number of carbonyl (C=O) groups excluding carboxylic acids is 1. The normalized spacial score (nSPS) is 10.5. The van der Waals surface area contributed by atoms with Crippen LogP contribution in [0.25, 0.3) is 5.69 Å². The number of anilines is 1. The molecule has 0 aliphatic rings. The molecule has 1 aromatic heterocycles. The summed E-state index contributed by atoms with van der Waals surface area (Å²) in [5, 5.41) is 2.70. The Morgan fingerprint density at radius 2 is 2.04 bits per heavy atom. The lowest BCUT2D eigenvalue weighted by atomic mass is 10.3. The van der Waals surface area contributed by atoms with Crippen molar-refractivity contribution < 1.29 is 13.9 Å². The van der Waals surface area contributed by atoms with Gasteiger partial charge in [-0.25, -0.2) is 9.37 Å². The number of benzene rings is 2. The van der Waals surface area contributed by atoms with Gasteiger partial charge in [-0.05, 0) is 42.5 Å². The average molecular weight is 420 g/mol. The summed E-state index contributed by atoms with van der Waals surface area (Å²) in [6.07, 6.45) is 3.04. The molecule has 0 radical (unpaired) electrons. The first-order valence-electron chi connectivity index (χ1n) is 8.07. The molecule has 28 heavy (non-hydrogen) atoms. The number of nitrogens with one attached hydrogen (secondary N) is 1. The minimum atomic E-state index is -0.568. The van der Waals surface area contributed by atoms with Crippen LogP contribution in [0.1, 0.15) is 0 Å². The van der Waals surface area contributed by atoms with Crippen LogP contribution in [-0.4, -0.2) is 28.3 Å². The summed E-state index contributed by atoms with van der Waals surface area (Å²) in [5.74, 6) is -0.294. The Balaban J connectivity index is 1.69. The summed E-state index contributed by atoms with van der Waals surface area (Å²) in [6, 6.07) is 10.9. The highest BCUT2D eigenvalue weighted by molar-refractivity contribution is 7.99. The molecule has 0 atom stereocenters. The Morgan fingerprint density at radius 3 is 2.71 bits per heavy atom. The Kier molecular flexibility index (Phi) is 6.33. The quantitative estimate of drug-likeness (QED) is 0.616. The zero-order valence-electron chi connectivity index (χ0n) is 14.7. The van der Waals surface area contributed by atoms with Gasteiger partial charge in [0.05, 0.1) is 17.9 Å². The maximum Gasteiger partial charge on any atom is 0.287 e. The van der Waals surface area contributed by atoms with E-state index in [-0.39, 0.29) is 27.3 Å². The molecule has 0 aliphatic carbocycles. The zero-order chi connectivity index (χ0) is 20.1. The third kappa shape index (κ3) is 4.71. The highest BCUT2D eigenvalue weighted by atomic mass is 35.5. The molecular weight excluding hydrogens is 405 g/mol. The Labute approximate surface area is 169 Å². The number of thioether (sulfide) groups is 1. The lowest BCUT2D eigenvalue weighted by Gasteiger charge is -2.09. The van der Waals surface area contributed by atoms with Crippen LogP contribution in [0.15, 0.2) is 64.7 Å². The maximum atomic E-state index is 13.2. The SMILES string of the molecule is COc1ccc(-n2ccnc(SCC(=O)Nc3ccc(F)c(Cl)c3)c2=O)cc1. The van der Waals surface area contributed by atoms with Crippen molar-refractivity contribution in [3.05, 3.63) is 76.1 Å². The molecule has 0 aliphatic heterocycles. The second-order valence-electron chi connectivity index (χ2n) is 5.57. The van der Waals surface area contributed by atoms with Crippen LogP contribution >= 0.6 is 23.4 Å². The van der Waals surface area contributed by atoms with Gasteiger partial charge in [0, 0.05) is 23.8 Å². The number of hydrogen-bond acceptors (Lipinski definition) is 5. The lowest BCUT2D eigenvalue weighted by molar-refractivity contribution is -0.113. The summed E-state index contributed by atoms with van der Waals surface area (Å²) in [7, 11) is 1.56. The average Bonchev–Trinajstić information content (AvgIpc) is 2.70. The third-order valence-corrected chi connectivity index (χ3v) is 4.95. The summed E-state index contributed by atoms with van der Waals surface area (Å²) in [4.78, 5) is 28.8. The molecule has 0 saturated carbocycles. The second kappa shape index (κ2) is 8.90. The molecule has 1 amide bonds. The number of rotatable bonds is 6. The Morgan fingerprint density at radius 1 is 1.29 bits per heavy atom. The molecule has 0 fully saturated rings. The summed E-state index contributed by atoms with van der Waals surface area (Å²) in [6.45, 7) is 0. The summed E-state index contributed by atoms with van der Waals surface area (Å²) in [5.41, 5.74) is 0.685. The van der Waals surface area contributed by atoms with Gasteiger partial charge in [0.1, 0.15) is 11.6 Å². The van der Waals surface area contributed by atoms with Crippen molar-refractivity contribution in [3.63, 3.8) is 0 Å². The standard InChI is InChI=1S/C19H15ClFN3O3S/c1-27-14-5-3-13(4-6-14)24-9-8-22-18(19(24)26)28-11-17(25)23-12-2-7-16(21)15(20)10-12/h2-10H,11H2,1H3,(H,23,25). The minimum absolute atomic E-state index is 0.0378. The monoisotopic (exact) mass is 419 g/mol. The van der Waals surface area contributed by atoms with Crippen LogP contribution in [0.4, 0.5) is 10.1 Å². The van der Waals surface area contributed by atoms with Crippen LogP contribution in [0, 0.1) is 5.82 Å². The third-order valence-electron chi connectivity index (χ3n) is 3.70. The molecule has 3 rings (SSSR count). The van der Waals surface area contributed by atoms with Crippen molar-refractivity contribution in [1.29, 1.82) is 0 Å². The Hall–Kier alpha value is -2.84. The fourth-order valence-corrected chi connectivity index (χ4v) is 3.22. The number of halogens is 2. The van der Waals surface area contributed by atoms with Gasteiger partial charge in [-0.1, -0.05) is 23.4 Å². The molecule has 1 N–H and O–H groups in total. The van der Waals surface area contributed by atoms with Crippen molar-refractivity contribution >= 4 is 35.0 Å². The van der Waals surface area contributed by atoms with Crippen LogP contribution in [0.5, 0.6) is 5.75 Å². The zero-order valence-corrected chi connectivity index (χ0v) is 16.3. The van der Waals surface area contributed by atoms with Gasteiger partial charge >= 0.3 is 0 Å². The van der Waals surface area contributed by atoms with E-state index in [9.17, 15) is 14.0 Å². The van der Waals surface area contributed by atoms with Gasteiger partial charge in [-0.3, -0.25) is 14.2 Å². The van der Waals surface area contributed by atoms with Gasteiger partial charge in [0.25, 0.3) is 5.56 Å². The first-order chi connectivity index (χ1) is 13.5. The van der Waals surface area contributed by atoms with E-state index in [0.29, 0.717) is 17.1 Å². The van der Waals surface area contributed by atoms with E-state index >= 15 is 0 Å². The largest absolute Gasteiger partial charge is 0.497 e. The number of nitrogens with zero attached hydrogens (tertiary/aromatic N) is 2. The van der Waals surface area contributed by atoms with E-state index in [4.69, 9.17) is 16.3 Å². The molecule has 1 heterocycles. The van der Waals surface area contributed by atoms with Crippen molar-refractivity contribution in [2.45, 2.75) is 5.03 Å². The van der Waals surface area contributed by atoms with Crippen molar-refractivity contribution in [1.82, 2.24) is 9.55 Å². The van der Waals surface area contributed by atoms with Crippen molar-refractivity contribution in [3.8, 4) is 11.4 Å². The first-order valence-corrected chi connectivity index (χ1v) is 9.44. The van der Waals surface area contributed by atoms with E-state index in [0.717, 1.165) is 17.8 Å². The van der Waals surface area contributed by atoms with Gasteiger partial charge in [-0.15, -0.1) is 0 Å². The molecule has 9 heteroatoms. The number of amides is 1. The number of methoxy groups -OCH3 is 1. The second-order valence-corrected chi connectivity index (χ2v) is 6.94. The fourth-order valence-electron chi connectivity index (χ4n) is 2.34. The molecule has 2 aromatic carbocycles. The van der Waals surface area contributed by atoms with Gasteiger partial charge in [0.2, 0.25) is 5.91 Å². The van der Waals surface area contributed by atoms with Gasteiger partial charge < -0.3 is 10.1 Å². The lowest BCUT2D eigenvalue weighted by Crippen LogP contribution is -2.22. The van der Waals surface area contributed by atoms with Crippen LogP contribution < -0.4 is 15.6 Å². The van der Waals surface area contributed by atoms with E-state index in [1.165, 1.54) is 22.9 Å². The molecule has 0 unspecified atom stereocenters. The molecular formula is C19H15ClFN3O3S. The molecule has 6 nitrogen and oxygen atoms in total. The van der Waals surface area contributed by atoms with Crippen molar-refractivity contribution in [2.24, 2.45) is 0 Å². The maximum absolute atomic E-state index is 13.2. The van der Waals surface area contributed by atoms with Crippen LogP contribution in [0.3, 0.4) is 0 Å². The van der Waals surface area contributed by atoms with E-state index in [2.05, 4.69) is 10.3 Å². The number of ether oxygens (including phenoxy) is 1. The van der Waals surface area contributed by atoms with Crippen molar-refractivity contribution in [2.75, 3.05) is 18.2 Å². The van der Waals surface area contributed by atoms with E-state index < -0.39 is 5.82 Å². The summed E-state index contributed by atoms with van der Waals surface area (Å²) < 4.78 is 19.7. The first kappa shape index (κ1) is 19.9. The van der Waals surface area contributed by atoms with Crippen LogP contribution in [-0.2, 0) is 4.79 Å². The van der Waals surface area contributed by atoms with Gasteiger partial charge in [0.15, 0.2) is 5.03 Å². The number of aromatic nitrogens is 2. The molecule has 0 spiro atoms. The highest BCUT2D eigenvalue weighted by Crippen LogP contribution is 2.20. The number of carbonyl (C=O) groups is 1. The summed E-state index contributed by atoms with van der Waals surface area (Å²) >= 11 is 6.70.